The predicted octanol–water partition coefficient (Wildman–Crippen LogP) is 13.5. The molecule has 0 amide bonds. The molecule has 0 unspecified atom stereocenters. The summed E-state index contributed by atoms with van der Waals surface area (Å²) in [5.74, 6) is 0. The molecule has 0 fully saturated rings. The minimum atomic E-state index is 0.0601. The summed E-state index contributed by atoms with van der Waals surface area (Å²) in [4.78, 5) is 2.57. The van der Waals surface area contributed by atoms with E-state index in [9.17, 15) is 0 Å². The van der Waals surface area contributed by atoms with Crippen molar-refractivity contribution in [2.45, 2.75) is 0 Å². The first-order valence-electron chi connectivity index (χ1n) is 21.0. The molecule has 0 saturated carbocycles. The molecule has 276 valence electrons. The van der Waals surface area contributed by atoms with Gasteiger partial charge in [-0.3, -0.25) is 0 Å². The lowest BCUT2D eigenvalue weighted by Gasteiger charge is -2.37. The smallest absolute Gasteiger partial charge is 0.248 e. The summed E-state index contributed by atoms with van der Waals surface area (Å²) in [6.07, 6.45) is 0. The van der Waals surface area contributed by atoms with Crippen molar-refractivity contribution in [1.82, 2.24) is 0 Å². The summed E-state index contributed by atoms with van der Waals surface area (Å²) in [5, 5.41) is 7.78. The Morgan fingerprint density at radius 3 is 1.45 bits per heavy atom. The zero-order valence-corrected chi connectivity index (χ0v) is 32.8. The van der Waals surface area contributed by atoms with E-state index < -0.39 is 0 Å². The highest BCUT2D eigenvalue weighted by atomic mass is 15.2. The van der Waals surface area contributed by atoms with Crippen LogP contribution < -0.4 is 21.3 Å². The fourth-order valence-corrected chi connectivity index (χ4v) is 10.6. The van der Waals surface area contributed by atoms with E-state index in [1.807, 2.05) is 0 Å². The van der Waals surface area contributed by atoms with Crippen LogP contribution >= 0.6 is 0 Å². The summed E-state index contributed by atoms with van der Waals surface area (Å²) < 4.78 is 0. The molecule has 0 spiro atoms. The minimum Gasteiger partial charge on any atom is -0.311 e. The molecule has 0 saturated heterocycles. The zero-order chi connectivity index (χ0) is 39.3. The van der Waals surface area contributed by atoms with E-state index in [1.54, 1.807) is 0 Å². The van der Waals surface area contributed by atoms with Crippen LogP contribution in [0.5, 0.6) is 0 Å². The maximum Gasteiger partial charge on any atom is 0.248 e. The second kappa shape index (κ2) is 12.9. The third-order valence-electron chi connectivity index (χ3n) is 13.2. The van der Waals surface area contributed by atoms with Crippen LogP contribution in [0.1, 0.15) is 0 Å². The number of anilines is 3. The Bertz CT molecular complexity index is 3480. The Morgan fingerprint density at radius 2 is 0.783 bits per heavy atom. The second-order valence-corrected chi connectivity index (χ2v) is 16.3. The van der Waals surface area contributed by atoms with Gasteiger partial charge in [0, 0.05) is 16.8 Å². The van der Waals surface area contributed by atoms with E-state index in [2.05, 4.69) is 223 Å². The van der Waals surface area contributed by atoms with E-state index in [0.29, 0.717) is 0 Å². The number of rotatable bonds is 5. The quantitative estimate of drug-likeness (QED) is 0.125. The first-order valence-corrected chi connectivity index (χ1v) is 21.0. The predicted molar refractivity (Wildman–Crippen MR) is 257 cm³/mol. The summed E-state index contributed by atoms with van der Waals surface area (Å²) in [6, 6.07) is 81.3. The van der Waals surface area contributed by atoms with Gasteiger partial charge in [-0.05, 0) is 112 Å². The summed E-state index contributed by atoms with van der Waals surface area (Å²) >= 11 is 0. The van der Waals surface area contributed by atoms with Crippen molar-refractivity contribution in [2.24, 2.45) is 0 Å². The molecule has 60 heavy (non-hydrogen) atoms. The van der Waals surface area contributed by atoms with Gasteiger partial charge in [0.15, 0.2) is 0 Å². The van der Waals surface area contributed by atoms with Gasteiger partial charge < -0.3 is 4.90 Å². The monoisotopic (exact) mass is 757 g/mol. The van der Waals surface area contributed by atoms with Crippen molar-refractivity contribution in [3.63, 3.8) is 0 Å². The fraction of sp³-hybridized carbons (Fsp3) is 0. The number of benzene rings is 11. The Kier molecular flexibility index (Phi) is 7.17. The maximum absolute atomic E-state index is 2.57. The molecule has 0 N–H and O–H groups in total. The SMILES string of the molecule is c1ccc(-c2ccccc2-c2ccc3c(c2)B2c4cc(-c5ccccc5-c5ccccc5)ccc4N(c4ccc5ccc6cccc7ccc4c5c67)c4cccc-3c42)cc1. The minimum absolute atomic E-state index is 0.0601. The van der Waals surface area contributed by atoms with Gasteiger partial charge in [-0.25, -0.2) is 0 Å². The van der Waals surface area contributed by atoms with Crippen LogP contribution in [0, 0.1) is 0 Å². The summed E-state index contributed by atoms with van der Waals surface area (Å²) in [5.41, 5.74) is 20.3. The van der Waals surface area contributed by atoms with E-state index in [0.717, 1.165) is 0 Å². The molecule has 0 atom stereocenters. The van der Waals surface area contributed by atoms with Crippen LogP contribution in [-0.4, -0.2) is 6.71 Å². The molecule has 11 aromatic carbocycles. The molecule has 2 aliphatic heterocycles. The van der Waals surface area contributed by atoms with Crippen molar-refractivity contribution in [3.05, 3.63) is 218 Å². The molecule has 0 aromatic heterocycles. The fourth-order valence-electron chi connectivity index (χ4n) is 10.6. The molecule has 0 bridgehead atoms. The Labute approximate surface area is 349 Å². The van der Waals surface area contributed by atoms with Gasteiger partial charge in [-0.2, -0.15) is 0 Å². The van der Waals surface area contributed by atoms with Crippen molar-refractivity contribution in [2.75, 3.05) is 4.90 Å². The van der Waals surface area contributed by atoms with E-state index in [1.165, 1.54) is 121 Å². The molecule has 0 radical (unpaired) electrons. The Morgan fingerprint density at radius 1 is 0.283 bits per heavy atom. The molecule has 11 aromatic rings. The topological polar surface area (TPSA) is 3.24 Å². The van der Waals surface area contributed by atoms with Gasteiger partial charge in [-0.1, -0.05) is 206 Å². The van der Waals surface area contributed by atoms with Crippen LogP contribution in [0.25, 0.3) is 88.0 Å². The van der Waals surface area contributed by atoms with Crippen molar-refractivity contribution in [3.8, 4) is 55.6 Å². The molecule has 1 nitrogen and oxygen atoms in total. The number of nitrogens with zero attached hydrogens (tertiary/aromatic N) is 1. The normalized spacial score (nSPS) is 12.6. The van der Waals surface area contributed by atoms with Crippen molar-refractivity contribution >= 4 is 72.5 Å². The van der Waals surface area contributed by atoms with Crippen molar-refractivity contribution < 1.29 is 0 Å². The first-order chi connectivity index (χ1) is 29.8. The largest absolute Gasteiger partial charge is 0.311 e. The highest BCUT2D eigenvalue weighted by molar-refractivity contribution is 7.01. The van der Waals surface area contributed by atoms with Gasteiger partial charge >= 0.3 is 0 Å². The third kappa shape index (κ3) is 4.82. The molecule has 2 heteroatoms. The van der Waals surface area contributed by atoms with Crippen molar-refractivity contribution in [1.29, 1.82) is 0 Å². The molecule has 2 aliphatic rings. The molecule has 0 aliphatic carbocycles. The van der Waals surface area contributed by atoms with E-state index in [-0.39, 0.29) is 6.71 Å². The zero-order valence-electron chi connectivity index (χ0n) is 32.8. The highest BCUT2D eigenvalue weighted by Crippen LogP contribution is 2.47. The van der Waals surface area contributed by atoms with Gasteiger partial charge in [0.1, 0.15) is 0 Å². The standard InChI is InChI=1S/C58H36BN/c1-3-13-37(14-4-1)44-19-7-9-21-46(44)42-28-31-48-49-23-12-24-55-58(49)59(51(48)35-42)52-36-43(47-22-10-8-20-45(47)38-15-5-2-6-16-38)30-34-54(52)60(55)53-33-29-41-26-25-39-17-11-18-40-27-32-50(53)57(41)56(39)40/h1-36H. The summed E-state index contributed by atoms with van der Waals surface area (Å²) in [7, 11) is 0. The van der Waals surface area contributed by atoms with Gasteiger partial charge in [0.25, 0.3) is 0 Å². The van der Waals surface area contributed by atoms with E-state index >= 15 is 0 Å². The maximum atomic E-state index is 2.57. The van der Waals surface area contributed by atoms with Crippen LogP contribution in [0.3, 0.4) is 0 Å². The van der Waals surface area contributed by atoms with Gasteiger partial charge in [0.05, 0.1) is 5.69 Å². The highest BCUT2D eigenvalue weighted by Gasteiger charge is 2.43. The molecule has 13 rings (SSSR count). The Balaban J connectivity index is 1.07. The number of hydrogen-bond donors (Lipinski definition) is 0. The van der Waals surface area contributed by atoms with Crippen LogP contribution in [0.15, 0.2) is 218 Å². The lowest BCUT2D eigenvalue weighted by molar-refractivity contribution is 1.31. The lowest BCUT2D eigenvalue weighted by Crippen LogP contribution is -2.54. The molecular weight excluding hydrogens is 721 g/mol. The number of hydrogen-bond acceptors (Lipinski definition) is 1. The average Bonchev–Trinajstić information content (AvgIpc) is 3.66. The first kappa shape index (κ1) is 33.3. The van der Waals surface area contributed by atoms with Crippen LogP contribution in [-0.2, 0) is 0 Å². The second-order valence-electron chi connectivity index (χ2n) is 16.3. The number of fused-ring (bicyclic) bond motifs is 5. The van der Waals surface area contributed by atoms with Gasteiger partial charge in [0.2, 0.25) is 6.71 Å². The molecular formula is C58H36BN. The lowest BCUT2D eigenvalue weighted by atomic mass is 9.37. The van der Waals surface area contributed by atoms with Gasteiger partial charge in [-0.15, -0.1) is 0 Å². The van der Waals surface area contributed by atoms with Crippen LogP contribution in [0.4, 0.5) is 17.1 Å². The summed E-state index contributed by atoms with van der Waals surface area (Å²) in [6.45, 7) is 0.0601. The Hall–Kier alpha value is -7.68. The van der Waals surface area contributed by atoms with Crippen LogP contribution in [0.2, 0.25) is 0 Å². The third-order valence-corrected chi connectivity index (χ3v) is 13.2. The molecule has 2 heterocycles. The van der Waals surface area contributed by atoms with E-state index in [4.69, 9.17) is 0 Å². The average molecular weight is 758 g/mol.